The third kappa shape index (κ3) is 18.5. The van der Waals surface area contributed by atoms with Crippen molar-refractivity contribution in [3.63, 3.8) is 0 Å². The molecule has 0 fully saturated rings. The van der Waals surface area contributed by atoms with E-state index in [9.17, 15) is 0 Å². The molecule has 0 bridgehead atoms. The fourth-order valence-corrected chi connectivity index (χ4v) is 16.2. The molecule has 0 radical (unpaired) electrons. The molecule has 0 saturated heterocycles. The molecule has 0 amide bonds. The van der Waals surface area contributed by atoms with E-state index in [4.69, 9.17) is 38.9 Å². The number of aryl methyl sites for hydroxylation is 4. The summed E-state index contributed by atoms with van der Waals surface area (Å²) in [7, 11) is 6.85. The summed E-state index contributed by atoms with van der Waals surface area (Å²) < 4.78 is 29.9. The van der Waals surface area contributed by atoms with Crippen LogP contribution in [0, 0.1) is 0 Å². The predicted molar refractivity (Wildman–Crippen MR) is 452 cm³/mol. The molecule has 16 rings (SSSR count). The van der Waals surface area contributed by atoms with Gasteiger partial charge < -0.3 is 18.9 Å². The molecule has 10 aromatic rings. The molecule has 6 aliphatic heterocycles. The average Bonchev–Trinajstić information content (AvgIpc) is 1.47. The molecule has 2 aromatic heterocycles. The molecule has 12 heteroatoms. The number of benzene rings is 8. The Bertz CT molecular complexity index is 4430. The lowest BCUT2D eigenvalue weighted by molar-refractivity contribution is -0.790. The number of nitrogens with zero attached hydrogens (tertiary/aromatic N) is 8. The minimum Gasteiger partial charge on any atom is -0.497 e. The lowest BCUT2D eigenvalue weighted by Gasteiger charge is -2.40. The SMILES string of the molecule is CCCCCCCCCc1ccc(OC)cc1.CCCCCCCCCc1ccc(OC)cc1.CCCCCCCCCc1ccc(OC)cc1.CCCCCCCCCc1ccc(OC)cc1.c1ccc2c(c1)C1=Nc3c4ccccc4c4n3C35n6c(c7ccccc7c6=NC6=[N+]3C(=N4)c3ccccc36)=NC2=[N+]15. The van der Waals surface area contributed by atoms with Gasteiger partial charge in [-0.2, -0.15) is 9.13 Å². The zero-order valence-corrected chi connectivity index (χ0v) is 66.8. The fraction of sp³-hybridized carbons (Fsp3) is 0.423. The van der Waals surface area contributed by atoms with Gasteiger partial charge in [-0.15, -0.1) is 9.15 Å². The first-order chi connectivity index (χ1) is 53.8. The average molecular weight is 1460 g/mol. The Kier molecular flexibility index (Phi) is 29.0. The summed E-state index contributed by atoms with van der Waals surface area (Å²) >= 11 is 0. The Morgan fingerprint density at radius 3 is 0.789 bits per heavy atom. The van der Waals surface area contributed by atoms with Gasteiger partial charge in [-0.1, -0.05) is 299 Å². The molecule has 0 unspecified atom stereocenters. The third-order valence-corrected chi connectivity index (χ3v) is 22.3. The zero-order valence-electron chi connectivity index (χ0n) is 66.8. The lowest BCUT2D eigenvalue weighted by Crippen LogP contribution is -2.71. The summed E-state index contributed by atoms with van der Waals surface area (Å²) in [5.41, 5.74) is 11.8. The number of aliphatic imine (C=N–C) groups is 2. The molecular formula is C97H120N8O4+2. The number of methoxy groups -OCH3 is 4. The van der Waals surface area contributed by atoms with Crippen molar-refractivity contribution in [1.29, 1.82) is 0 Å². The van der Waals surface area contributed by atoms with Gasteiger partial charge in [0, 0.05) is 21.5 Å². The van der Waals surface area contributed by atoms with Crippen molar-refractivity contribution in [1.82, 2.24) is 9.13 Å². The molecule has 1 spiro atoms. The Morgan fingerprint density at radius 2 is 0.514 bits per heavy atom. The second-order valence-corrected chi connectivity index (χ2v) is 30.0. The molecule has 109 heavy (non-hydrogen) atoms. The van der Waals surface area contributed by atoms with Crippen LogP contribution in [0.1, 0.15) is 252 Å². The van der Waals surface area contributed by atoms with Crippen LogP contribution in [0.15, 0.2) is 214 Å². The maximum Gasteiger partial charge on any atom is 0.404 e. The monoisotopic (exact) mass is 1460 g/mol. The summed E-state index contributed by atoms with van der Waals surface area (Å²) in [6.07, 6.45) is 43.5. The number of rotatable bonds is 36. The van der Waals surface area contributed by atoms with Gasteiger partial charge in [0.2, 0.25) is 22.6 Å². The predicted octanol–water partition coefficient (Wildman–Crippen LogP) is 23.7. The number of hydrogen-bond donors (Lipinski definition) is 0. The van der Waals surface area contributed by atoms with E-state index in [0.29, 0.717) is 0 Å². The fourth-order valence-electron chi connectivity index (χ4n) is 16.2. The highest BCUT2D eigenvalue weighted by molar-refractivity contribution is 6.20. The summed E-state index contributed by atoms with van der Waals surface area (Å²) in [5, 5.41) is 4.33. The van der Waals surface area contributed by atoms with Gasteiger partial charge in [-0.25, -0.2) is 0 Å². The van der Waals surface area contributed by atoms with E-state index in [2.05, 4.69) is 240 Å². The molecule has 8 heterocycles. The molecular weight excluding hydrogens is 1340 g/mol. The number of ether oxygens (including phenoxy) is 4. The summed E-state index contributed by atoms with van der Waals surface area (Å²) in [6, 6.07) is 67.8. The lowest BCUT2D eigenvalue weighted by atomic mass is 10.0. The highest BCUT2D eigenvalue weighted by atomic mass is 16.5. The smallest absolute Gasteiger partial charge is 0.404 e. The van der Waals surface area contributed by atoms with Crippen LogP contribution in [-0.4, -0.2) is 70.1 Å². The minimum atomic E-state index is -0.923. The van der Waals surface area contributed by atoms with E-state index in [0.717, 1.165) is 113 Å². The normalized spacial score (nSPS) is 13.5. The van der Waals surface area contributed by atoms with Crippen LogP contribution in [0.4, 0.5) is 11.6 Å². The third-order valence-electron chi connectivity index (χ3n) is 22.3. The van der Waals surface area contributed by atoms with Gasteiger partial charge in [0.25, 0.3) is 23.3 Å². The quantitative estimate of drug-likeness (QED) is 0.0288. The number of aromatic nitrogens is 2. The largest absolute Gasteiger partial charge is 0.497 e. The van der Waals surface area contributed by atoms with Crippen molar-refractivity contribution in [3.8, 4) is 23.0 Å². The van der Waals surface area contributed by atoms with Crippen LogP contribution in [-0.2, 0) is 31.6 Å². The van der Waals surface area contributed by atoms with E-state index >= 15 is 0 Å². The van der Waals surface area contributed by atoms with Crippen LogP contribution in [0.5, 0.6) is 23.0 Å². The Balaban J connectivity index is 0.000000139. The standard InChI is InChI=1S/C33H16N8.4C16H26O/c1-2-10-18-17(9-1)25-34-27-19-11-3-4-12-20(19)29-36-31-23-15-7-8-16-24(23)32-37-30-22-14-6-5-13-21(22)28-35-26(18)38(25)33(39(27)29,40(28)30)41(31)32;4*1-3-4-5-6-7-8-9-10-15-11-13-16(17-2)14-12-15/h1-16H;4*11-14H,3-10H2,1-2H3/q+2;;;;. The van der Waals surface area contributed by atoms with Gasteiger partial charge in [-0.3, -0.25) is 0 Å². The van der Waals surface area contributed by atoms with Gasteiger partial charge in [-0.05, 0) is 171 Å². The van der Waals surface area contributed by atoms with Crippen LogP contribution in [0.2, 0.25) is 0 Å². The van der Waals surface area contributed by atoms with Gasteiger partial charge in [0.05, 0.1) is 50.7 Å². The summed E-state index contributed by atoms with van der Waals surface area (Å²) in [5.74, 6) is 8.27. The first-order valence-electron chi connectivity index (χ1n) is 41.8. The molecule has 12 nitrogen and oxygen atoms in total. The van der Waals surface area contributed by atoms with Crippen molar-refractivity contribution in [3.05, 3.63) is 250 Å². The molecule has 0 atom stereocenters. The Morgan fingerprint density at radius 1 is 0.266 bits per heavy atom. The topological polar surface area (TPSA) is 102 Å². The van der Waals surface area contributed by atoms with Gasteiger partial charge in [0.1, 0.15) is 23.0 Å². The second kappa shape index (κ2) is 40.1. The van der Waals surface area contributed by atoms with Gasteiger partial charge >= 0.3 is 5.91 Å². The van der Waals surface area contributed by atoms with E-state index in [-0.39, 0.29) is 0 Å². The first-order valence-corrected chi connectivity index (χ1v) is 41.8. The number of hydrogen-bond acceptors (Lipinski definition) is 8. The summed E-state index contributed by atoms with van der Waals surface area (Å²) in [6.45, 7) is 9.07. The molecule has 0 saturated carbocycles. The molecule has 6 aliphatic rings. The Labute approximate surface area is 650 Å². The highest BCUT2D eigenvalue weighted by Gasteiger charge is 2.69. The van der Waals surface area contributed by atoms with Crippen molar-refractivity contribution < 1.29 is 28.1 Å². The number of fused-ring (bicyclic) bond motifs is 12. The second-order valence-electron chi connectivity index (χ2n) is 30.0. The minimum absolute atomic E-state index is 0.898. The van der Waals surface area contributed by atoms with E-state index < -0.39 is 5.91 Å². The maximum atomic E-state index is 5.42. The molecule has 570 valence electrons. The van der Waals surface area contributed by atoms with Gasteiger partial charge in [0.15, 0.2) is 0 Å². The maximum absolute atomic E-state index is 5.42. The molecule has 0 N–H and O–H groups in total. The van der Waals surface area contributed by atoms with Crippen LogP contribution >= 0.6 is 0 Å². The van der Waals surface area contributed by atoms with Crippen molar-refractivity contribution in [2.45, 2.75) is 239 Å². The van der Waals surface area contributed by atoms with Crippen molar-refractivity contribution >= 4 is 56.5 Å². The highest BCUT2D eigenvalue weighted by Crippen LogP contribution is 2.52. The van der Waals surface area contributed by atoms with Crippen molar-refractivity contribution in [2.24, 2.45) is 20.0 Å². The van der Waals surface area contributed by atoms with Crippen LogP contribution < -0.4 is 29.9 Å². The number of amidine groups is 4. The number of unbranched alkanes of at least 4 members (excludes halogenated alkanes) is 24. The summed E-state index contributed by atoms with van der Waals surface area (Å²) in [4.78, 5) is 21.7. The molecule has 0 aliphatic carbocycles. The van der Waals surface area contributed by atoms with E-state index in [1.165, 1.54) is 228 Å². The Hall–Kier alpha value is -9.68. The first kappa shape index (κ1) is 78.9. The van der Waals surface area contributed by atoms with Crippen molar-refractivity contribution in [2.75, 3.05) is 28.4 Å². The zero-order chi connectivity index (χ0) is 75.6. The van der Waals surface area contributed by atoms with Crippen LogP contribution in [0.3, 0.4) is 0 Å². The van der Waals surface area contributed by atoms with E-state index in [1.54, 1.807) is 28.4 Å². The molecule has 8 aromatic carbocycles. The van der Waals surface area contributed by atoms with Crippen LogP contribution in [0.25, 0.3) is 21.5 Å². The van der Waals surface area contributed by atoms with E-state index in [1.807, 2.05) is 0 Å².